The Hall–Kier alpha value is -1.69. The van der Waals surface area contributed by atoms with Gasteiger partial charge < -0.3 is 14.5 Å². The molecule has 16 heavy (non-hydrogen) atoms. The molecule has 2 N–H and O–H groups in total. The zero-order valence-electron chi connectivity index (χ0n) is 8.27. The monoisotopic (exact) mass is 241 g/mol. The molecule has 1 aromatic rings. The van der Waals surface area contributed by atoms with Gasteiger partial charge in [0.05, 0.1) is 0 Å². The van der Waals surface area contributed by atoms with Crippen molar-refractivity contribution < 1.29 is 19.4 Å². The van der Waals surface area contributed by atoms with Gasteiger partial charge >= 0.3 is 5.97 Å². The van der Waals surface area contributed by atoms with Crippen molar-refractivity contribution in [2.45, 2.75) is 4.90 Å². The fourth-order valence-corrected chi connectivity index (χ4v) is 2.45. The number of hydrogen-bond acceptors (Lipinski definition) is 4. The Morgan fingerprint density at radius 1 is 1.50 bits per heavy atom. The lowest BCUT2D eigenvalue weighted by atomic mass is 10.1. The van der Waals surface area contributed by atoms with Crippen LogP contribution in [0.5, 0.6) is 0 Å². The van der Waals surface area contributed by atoms with Gasteiger partial charge in [-0.1, -0.05) is 0 Å². The van der Waals surface area contributed by atoms with Crippen LogP contribution in [0.3, 0.4) is 0 Å². The predicted octanol–water partition coefficient (Wildman–Crippen LogP) is 2.09. The van der Waals surface area contributed by atoms with Crippen molar-refractivity contribution in [1.82, 2.24) is 4.31 Å². The zero-order valence-corrected chi connectivity index (χ0v) is 9.08. The largest absolute Gasteiger partial charge is 0.505 e. The highest BCUT2D eigenvalue weighted by molar-refractivity contribution is 7.97. The van der Waals surface area contributed by atoms with E-state index in [4.69, 9.17) is 5.11 Å². The van der Waals surface area contributed by atoms with Gasteiger partial charge in [0.2, 0.25) is 0 Å². The molecule has 0 aromatic heterocycles. The summed E-state index contributed by atoms with van der Waals surface area (Å²) in [4.78, 5) is 11.4. The van der Waals surface area contributed by atoms with E-state index in [1.165, 1.54) is 29.6 Å². The Morgan fingerprint density at radius 2 is 2.19 bits per heavy atom. The van der Waals surface area contributed by atoms with Crippen molar-refractivity contribution in [2.75, 3.05) is 7.05 Å². The van der Waals surface area contributed by atoms with Gasteiger partial charge in [0, 0.05) is 17.5 Å². The van der Waals surface area contributed by atoms with E-state index in [2.05, 4.69) is 0 Å². The maximum absolute atomic E-state index is 13.0. The lowest BCUT2D eigenvalue weighted by Crippen LogP contribution is -2.22. The summed E-state index contributed by atoms with van der Waals surface area (Å²) in [6.07, 6.45) is 0. The average Bonchev–Trinajstić information content (AvgIpc) is 2.15. The summed E-state index contributed by atoms with van der Waals surface area (Å²) in [5, 5.41) is 18.7. The lowest BCUT2D eigenvalue weighted by molar-refractivity contribution is -0.133. The summed E-state index contributed by atoms with van der Waals surface area (Å²) in [5.41, 5.74) is 0.131. The van der Waals surface area contributed by atoms with Crippen LogP contribution in [0.2, 0.25) is 0 Å². The number of aliphatic carboxylic acids is 1. The summed E-state index contributed by atoms with van der Waals surface area (Å²) < 4.78 is 14.2. The van der Waals surface area contributed by atoms with Crippen molar-refractivity contribution in [2.24, 2.45) is 0 Å². The lowest BCUT2D eigenvalue weighted by Gasteiger charge is -2.25. The molecule has 0 bridgehead atoms. The van der Waals surface area contributed by atoms with Gasteiger partial charge in [-0.25, -0.2) is 9.18 Å². The molecule has 4 nitrogen and oxygen atoms in total. The Bertz CT molecular complexity index is 501. The van der Waals surface area contributed by atoms with E-state index in [1.807, 2.05) is 0 Å². The van der Waals surface area contributed by atoms with Crippen LogP contribution >= 0.6 is 11.9 Å². The minimum Gasteiger partial charge on any atom is -0.505 e. The molecule has 2 rings (SSSR count). The molecule has 0 spiro atoms. The van der Waals surface area contributed by atoms with Gasteiger partial charge in [-0.2, -0.15) is 0 Å². The summed E-state index contributed by atoms with van der Waals surface area (Å²) in [7, 11) is 1.50. The predicted molar refractivity (Wildman–Crippen MR) is 57.2 cm³/mol. The number of aliphatic hydroxyl groups is 1. The third kappa shape index (κ3) is 1.61. The average molecular weight is 241 g/mol. The fraction of sp³-hybridized carbons (Fsp3) is 0.100. The van der Waals surface area contributed by atoms with Crippen LogP contribution in [0, 0.1) is 5.82 Å². The van der Waals surface area contributed by atoms with Gasteiger partial charge in [0.1, 0.15) is 5.82 Å². The number of fused-ring (bicyclic) bond motifs is 1. The molecular weight excluding hydrogens is 233 g/mol. The minimum atomic E-state index is -1.22. The van der Waals surface area contributed by atoms with E-state index < -0.39 is 11.8 Å². The topological polar surface area (TPSA) is 60.8 Å². The molecule has 6 heteroatoms. The summed E-state index contributed by atoms with van der Waals surface area (Å²) in [5.74, 6) is -1.99. The molecule has 84 valence electrons. The summed E-state index contributed by atoms with van der Waals surface area (Å²) in [6, 6.07) is 3.80. The van der Waals surface area contributed by atoms with Crippen molar-refractivity contribution >= 4 is 23.7 Å². The Kier molecular flexibility index (Phi) is 2.51. The number of rotatable bonds is 1. The number of carboxylic acid groups (broad SMARTS) is 1. The van der Waals surface area contributed by atoms with Crippen molar-refractivity contribution in [1.29, 1.82) is 0 Å². The molecule has 0 fully saturated rings. The molecule has 0 amide bonds. The zero-order chi connectivity index (χ0) is 11.9. The molecule has 1 heterocycles. The van der Waals surface area contributed by atoms with E-state index in [1.54, 1.807) is 0 Å². The molecule has 0 unspecified atom stereocenters. The maximum atomic E-state index is 13.0. The standard InChI is InChI=1S/C10H8FNO3S/c1-12-8(10(14)15)9(13)6-3-2-5(11)4-7(6)16-12/h2-4,13H,1H3,(H,14,15). The number of benzene rings is 1. The van der Waals surface area contributed by atoms with E-state index in [9.17, 15) is 14.3 Å². The molecule has 1 aromatic carbocycles. The number of aliphatic hydroxyl groups excluding tert-OH is 1. The van der Waals surface area contributed by atoms with Crippen LogP contribution in [0.4, 0.5) is 4.39 Å². The van der Waals surface area contributed by atoms with Gasteiger partial charge in [0.15, 0.2) is 11.5 Å². The van der Waals surface area contributed by atoms with E-state index in [0.29, 0.717) is 10.5 Å². The van der Waals surface area contributed by atoms with Crippen LogP contribution in [-0.2, 0) is 4.79 Å². The Labute approximate surface area is 95.1 Å². The van der Waals surface area contributed by atoms with Crippen molar-refractivity contribution in [3.63, 3.8) is 0 Å². The van der Waals surface area contributed by atoms with Gasteiger partial charge in [0.25, 0.3) is 0 Å². The molecule has 0 atom stereocenters. The van der Waals surface area contributed by atoms with Gasteiger partial charge in [-0.3, -0.25) is 0 Å². The highest BCUT2D eigenvalue weighted by Crippen LogP contribution is 2.38. The number of carbonyl (C=O) groups is 1. The first-order valence-corrected chi connectivity index (χ1v) is 5.16. The quantitative estimate of drug-likeness (QED) is 0.737. The number of hydrogen-bond donors (Lipinski definition) is 2. The van der Waals surface area contributed by atoms with Crippen LogP contribution in [0.25, 0.3) is 5.76 Å². The highest BCUT2D eigenvalue weighted by Gasteiger charge is 2.28. The second-order valence-electron chi connectivity index (χ2n) is 3.23. The normalized spacial score (nSPS) is 15.0. The molecule has 0 saturated heterocycles. The Morgan fingerprint density at radius 3 is 2.81 bits per heavy atom. The first-order valence-electron chi connectivity index (χ1n) is 4.39. The van der Waals surface area contributed by atoms with Gasteiger partial charge in [-0.05, 0) is 30.1 Å². The van der Waals surface area contributed by atoms with Crippen LogP contribution < -0.4 is 0 Å². The number of carboxylic acids is 1. The first-order chi connectivity index (χ1) is 7.50. The molecule has 1 aliphatic rings. The second-order valence-corrected chi connectivity index (χ2v) is 4.40. The molecule has 1 aliphatic heterocycles. The second kappa shape index (κ2) is 3.71. The summed E-state index contributed by atoms with van der Waals surface area (Å²) in [6.45, 7) is 0. The molecular formula is C10H8FNO3S. The maximum Gasteiger partial charge on any atom is 0.356 e. The van der Waals surface area contributed by atoms with Crippen molar-refractivity contribution in [3.05, 3.63) is 35.3 Å². The summed E-state index contributed by atoms with van der Waals surface area (Å²) >= 11 is 1.06. The first kappa shape index (κ1) is 10.8. The minimum absolute atomic E-state index is 0.205. The van der Waals surface area contributed by atoms with Gasteiger partial charge in [-0.15, -0.1) is 0 Å². The van der Waals surface area contributed by atoms with Crippen LogP contribution in [0.15, 0.2) is 28.8 Å². The number of likely N-dealkylation sites (N-methyl/N-ethyl adjacent to an activating group) is 1. The highest BCUT2D eigenvalue weighted by atomic mass is 32.2. The fourth-order valence-electron chi connectivity index (χ4n) is 1.47. The molecule has 0 saturated carbocycles. The van der Waals surface area contributed by atoms with Crippen LogP contribution in [0.1, 0.15) is 5.56 Å². The van der Waals surface area contributed by atoms with E-state index in [-0.39, 0.29) is 11.5 Å². The van der Waals surface area contributed by atoms with E-state index >= 15 is 0 Å². The molecule has 0 radical (unpaired) electrons. The smallest absolute Gasteiger partial charge is 0.356 e. The van der Waals surface area contributed by atoms with Crippen molar-refractivity contribution in [3.8, 4) is 0 Å². The van der Waals surface area contributed by atoms with Crippen LogP contribution in [-0.4, -0.2) is 27.5 Å². The SMILES string of the molecule is CN1Sc2cc(F)ccc2C(O)=C1C(=O)O. The number of halogens is 1. The number of nitrogens with zero attached hydrogens (tertiary/aromatic N) is 1. The molecule has 0 aliphatic carbocycles. The Balaban J connectivity index is 2.62. The van der Waals surface area contributed by atoms with E-state index in [0.717, 1.165) is 11.9 Å². The third-order valence-electron chi connectivity index (χ3n) is 2.18. The third-order valence-corrected chi connectivity index (χ3v) is 3.17.